The molecule has 0 spiro atoms. The van der Waals surface area contributed by atoms with E-state index in [2.05, 4.69) is 68.1 Å². The topological polar surface area (TPSA) is 29.3 Å². The van der Waals surface area contributed by atoms with Crippen LogP contribution in [0.4, 0.5) is 0 Å². The second-order valence-corrected chi connectivity index (χ2v) is 7.41. The second-order valence-electron chi connectivity index (χ2n) is 7.41. The maximum Gasteiger partial charge on any atom is 0.0237 e. The standard InChI is InChI=1S/C22H30N2/c1-4-18-7-9-19(10-8-18)21-12-22(23)15-24(14-21)13-20-11-16(2)5-6-17(20)3/h5-11,21-22H,4,12-15,23H2,1-3H3. The Morgan fingerprint density at radius 3 is 2.50 bits per heavy atom. The summed E-state index contributed by atoms with van der Waals surface area (Å²) in [6.07, 6.45) is 2.19. The van der Waals surface area contributed by atoms with Crippen molar-refractivity contribution in [3.8, 4) is 0 Å². The average molecular weight is 322 g/mol. The molecular formula is C22H30N2. The van der Waals surface area contributed by atoms with Gasteiger partial charge in [0.25, 0.3) is 0 Å². The zero-order valence-corrected chi connectivity index (χ0v) is 15.3. The molecule has 1 heterocycles. The van der Waals surface area contributed by atoms with Crippen molar-refractivity contribution in [3.63, 3.8) is 0 Å². The predicted molar refractivity (Wildman–Crippen MR) is 102 cm³/mol. The minimum atomic E-state index is 0.264. The van der Waals surface area contributed by atoms with Crippen LogP contribution in [0.1, 0.15) is 47.1 Å². The van der Waals surface area contributed by atoms with Gasteiger partial charge in [0, 0.05) is 25.7 Å². The number of likely N-dealkylation sites (tertiary alicyclic amines) is 1. The number of nitrogens with zero attached hydrogens (tertiary/aromatic N) is 1. The molecule has 1 fully saturated rings. The van der Waals surface area contributed by atoms with Crippen molar-refractivity contribution < 1.29 is 0 Å². The molecule has 1 aliphatic rings. The monoisotopic (exact) mass is 322 g/mol. The van der Waals surface area contributed by atoms with E-state index in [1.54, 1.807) is 0 Å². The van der Waals surface area contributed by atoms with E-state index < -0.39 is 0 Å². The van der Waals surface area contributed by atoms with Gasteiger partial charge in [-0.25, -0.2) is 0 Å². The normalized spacial score (nSPS) is 21.8. The molecular weight excluding hydrogens is 292 g/mol. The minimum absolute atomic E-state index is 0.264. The van der Waals surface area contributed by atoms with Crippen LogP contribution in [0.3, 0.4) is 0 Å². The van der Waals surface area contributed by atoms with Gasteiger partial charge in [-0.3, -0.25) is 4.90 Å². The minimum Gasteiger partial charge on any atom is -0.327 e. The SMILES string of the molecule is CCc1ccc(C2CC(N)CN(Cc3cc(C)ccc3C)C2)cc1. The van der Waals surface area contributed by atoms with E-state index in [0.717, 1.165) is 32.5 Å². The lowest BCUT2D eigenvalue weighted by molar-refractivity contribution is 0.181. The molecule has 2 atom stereocenters. The van der Waals surface area contributed by atoms with Crippen molar-refractivity contribution in [2.75, 3.05) is 13.1 Å². The Morgan fingerprint density at radius 2 is 1.79 bits per heavy atom. The highest BCUT2D eigenvalue weighted by Gasteiger charge is 2.26. The molecule has 0 radical (unpaired) electrons. The summed E-state index contributed by atoms with van der Waals surface area (Å²) in [5.74, 6) is 0.546. The van der Waals surface area contributed by atoms with E-state index in [1.807, 2.05) is 0 Å². The summed E-state index contributed by atoms with van der Waals surface area (Å²) >= 11 is 0. The van der Waals surface area contributed by atoms with Gasteiger partial charge in [0.1, 0.15) is 0 Å². The van der Waals surface area contributed by atoms with Crippen LogP contribution in [0.5, 0.6) is 0 Å². The molecule has 2 heteroatoms. The average Bonchev–Trinajstić information content (AvgIpc) is 2.58. The van der Waals surface area contributed by atoms with E-state index >= 15 is 0 Å². The summed E-state index contributed by atoms with van der Waals surface area (Å²) in [6, 6.07) is 16.2. The highest BCUT2D eigenvalue weighted by molar-refractivity contribution is 5.31. The van der Waals surface area contributed by atoms with Crippen LogP contribution in [-0.2, 0) is 13.0 Å². The number of piperidine rings is 1. The molecule has 1 aliphatic heterocycles. The van der Waals surface area contributed by atoms with Crippen LogP contribution in [0.2, 0.25) is 0 Å². The fraction of sp³-hybridized carbons (Fsp3) is 0.455. The van der Waals surface area contributed by atoms with Crippen molar-refractivity contribution >= 4 is 0 Å². The maximum atomic E-state index is 6.39. The van der Waals surface area contributed by atoms with E-state index in [1.165, 1.54) is 27.8 Å². The first-order valence-corrected chi connectivity index (χ1v) is 9.18. The third-order valence-electron chi connectivity index (χ3n) is 5.32. The molecule has 0 aromatic heterocycles. The number of nitrogens with two attached hydrogens (primary N) is 1. The molecule has 2 N–H and O–H groups in total. The Bertz CT molecular complexity index is 675. The van der Waals surface area contributed by atoms with Crippen LogP contribution < -0.4 is 5.73 Å². The third-order valence-corrected chi connectivity index (χ3v) is 5.32. The molecule has 3 rings (SSSR count). The first-order valence-electron chi connectivity index (χ1n) is 9.18. The van der Waals surface area contributed by atoms with Crippen molar-refractivity contribution in [3.05, 3.63) is 70.3 Å². The Labute approximate surface area is 146 Å². The summed E-state index contributed by atoms with van der Waals surface area (Å²) in [4.78, 5) is 2.54. The Balaban J connectivity index is 1.74. The van der Waals surface area contributed by atoms with E-state index in [4.69, 9.17) is 5.73 Å². The van der Waals surface area contributed by atoms with Gasteiger partial charge in [0.15, 0.2) is 0 Å². The van der Waals surface area contributed by atoms with Crippen molar-refractivity contribution in [2.24, 2.45) is 5.73 Å². The van der Waals surface area contributed by atoms with E-state index in [0.29, 0.717) is 5.92 Å². The van der Waals surface area contributed by atoms with Gasteiger partial charge in [-0.05, 0) is 54.9 Å². The number of hydrogen-bond acceptors (Lipinski definition) is 2. The van der Waals surface area contributed by atoms with Gasteiger partial charge in [-0.1, -0.05) is 55.0 Å². The van der Waals surface area contributed by atoms with Crippen molar-refractivity contribution in [1.29, 1.82) is 0 Å². The molecule has 128 valence electrons. The van der Waals surface area contributed by atoms with Crippen LogP contribution in [0.15, 0.2) is 42.5 Å². The lowest BCUT2D eigenvalue weighted by atomic mass is 9.87. The largest absolute Gasteiger partial charge is 0.327 e. The quantitative estimate of drug-likeness (QED) is 0.915. The molecule has 1 saturated heterocycles. The Hall–Kier alpha value is -1.64. The molecule has 0 bridgehead atoms. The first-order chi connectivity index (χ1) is 11.5. The molecule has 2 nitrogen and oxygen atoms in total. The molecule has 0 aliphatic carbocycles. The Kier molecular flexibility index (Phi) is 5.37. The fourth-order valence-corrected chi connectivity index (χ4v) is 3.84. The number of aryl methyl sites for hydroxylation is 3. The highest BCUT2D eigenvalue weighted by Crippen LogP contribution is 2.28. The smallest absolute Gasteiger partial charge is 0.0237 e. The molecule has 24 heavy (non-hydrogen) atoms. The summed E-state index contributed by atoms with van der Waals surface area (Å²) < 4.78 is 0. The van der Waals surface area contributed by atoms with Crippen LogP contribution in [0.25, 0.3) is 0 Å². The summed E-state index contributed by atoms with van der Waals surface area (Å²) in [7, 11) is 0. The zero-order valence-electron chi connectivity index (χ0n) is 15.3. The molecule has 0 saturated carbocycles. The lowest BCUT2D eigenvalue weighted by Crippen LogP contribution is -2.45. The predicted octanol–water partition coefficient (Wildman–Crippen LogP) is 4.18. The molecule has 2 aromatic carbocycles. The van der Waals surface area contributed by atoms with Crippen LogP contribution in [0, 0.1) is 13.8 Å². The summed E-state index contributed by atoms with van der Waals surface area (Å²) in [5, 5.41) is 0. The Morgan fingerprint density at radius 1 is 1.04 bits per heavy atom. The van der Waals surface area contributed by atoms with Gasteiger partial charge < -0.3 is 5.73 Å². The van der Waals surface area contributed by atoms with E-state index in [9.17, 15) is 0 Å². The molecule has 2 unspecified atom stereocenters. The van der Waals surface area contributed by atoms with Gasteiger partial charge in [-0.2, -0.15) is 0 Å². The lowest BCUT2D eigenvalue weighted by Gasteiger charge is -2.37. The van der Waals surface area contributed by atoms with Gasteiger partial charge in [-0.15, -0.1) is 0 Å². The molecule has 0 amide bonds. The fourth-order valence-electron chi connectivity index (χ4n) is 3.84. The maximum absolute atomic E-state index is 6.39. The number of rotatable bonds is 4. The summed E-state index contributed by atoms with van der Waals surface area (Å²) in [5.41, 5.74) is 13.4. The third kappa shape index (κ3) is 4.06. The zero-order chi connectivity index (χ0) is 17.1. The van der Waals surface area contributed by atoms with E-state index in [-0.39, 0.29) is 6.04 Å². The number of hydrogen-bond donors (Lipinski definition) is 1. The second kappa shape index (κ2) is 7.50. The highest BCUT2D eigenvalue weighted by atomic mass is 15.1. The van der Waals surface area contributed by atoms with Crippen LogP contribution >= 0.6 is 0 Å². The van der Waals surface area contributed by atoms with Crippen LogP contribution in [-0.4, -0.2) is 24.0 Å². The van der Waals surface area contributed by atoms with Crippen molar-refractivity contribution in [2.45, 2.75) is 52.1 Å². The van der Waals surface area contributed by atoms with Gasteiger partial charge in [0.2, 0.25) is 0 Å². The first kappa shape index (κ1) is 17.2. The summed E-state index contributed by atoms with van der Waals surface area (Å²) in [6.45, 7) is 9.69. The number of benzene rings is 2. The molecule has 2 aromatic rings. The van der Waals surface area contributed by atoms with Gasteiger partial charge in [0.05, 0.1) is 0 Å². The van der Waals surface area contributed by atoms with Crippen molar-refractivity contribution in [1.82, 2.24) is 4.90 Å². The van der Waals surface area contributed by atoms with Gasteiger partial charge >= 0.3 is 0 Å².